The maximum Gasteiger partial charge on any atom is 0.303 e. The predicted molar refractivity (Wildman–Crippen MR) is 84.1 cm³/mol. The zero-order valence-electron chi connectivity index (χ0n) is 11.3. The molecular weight excluding hydrogens is 342 g/mol. The minimum absolute atomic E-state index is 0.245. The van der Waals surface area contributed by atoms with Crippen molar-refractivity contribution in [2.45, 2.75) is 44.7 Å². The topological polar surface area (TPSA) is 40.5 Å². The Morgan fingerprint density at radius 3 is 2.95 bits per heavy atom. The van der Waals surface area contributed by atoms with Gasteiger partial charge in [0.25, 0.3) is 0 Å². The number of carboxylic acid groups (broad SMARTS) is 1. The van der Waals surface area contributed by atoms with Crippen molar-refractivity contribution in [1.82, 2.24) is 4.90 Å². The summed E-state index contributed by atoms with van der Waals surface area (Å²) in [6.07, 6.45) is 4.42. The summed E-state index contributed by atoms with van der Waals surface area (Å²) >= 11 is 9.68. The summed E-state index contributed by atoms with van der Waals surface area (Å²) < 4.78 is 0.979. The first-order valence-corrected chi connectivity index (χ1v) is 8.13. The van der Waals surface area contributed by atoms with Gasteiger partial charge in [-0.25, -0.2) is 0 Å². The molecule has 1 fully saturated rings. The van der Waals surface area contributed by atoms with Gasteiger partial charge < -0.3 is 5.11 Å². The number of aliphatic carboxylic acids is 1. The van der Waals surface area contributed by atoms with Crippen LogP contribution in [-0.2, 0) is 11.3 Å². The molecule has 1 atom stereocenters. The fraction of sp³-hybridized carbons (Fsp3) is 0.533. The molecule has 3 nitrogen and oxygen atoms in total. The van der Waals surface area contributed by atoms with Crippen molar-refractivity contribution in [2.24, 2.45) is 0 Å². The highest BCUT2D eigenvalue weighted by Crippen LogP contribution is 2.27. The molecule has 0 spiro atoms. The molecular formula is C15H19BrClNO2. The number of benzene rings is 1. The highest BCUT2D eigenvalue weighted by molar-refractivity contribution is 9.10. The average Bonchev–Trinajstić information content (AvgIpc) is 2.41. The van der Waals surface area contributed by atoms with E-state index in [0.717, 1.165) is 41.0 Å². The van der Waals surface area contributed by atoms with Gasteiger partial charge in [0, 0.05) is 28.5 Å². The van der Waals surface area contributed by atoms with Crippen LogP contribution in [0.3, 0.4) is 0 Å². The van der Waals surface area contributed by atoms with Crippen LogP contribution in [0.1, 0.15) is 37.7 Å². The summed E-state index contributed by atoms with van der Waals surface area (Å²) in [5.74, 6) is -0.711. The van der Waals surface area contributed by atoms with E-state index in [0.29, 0.717) is 6.04 Å². The second-order valence-electron chi connectivity index (χ2n) is 5.29. The van der Waals surface area contributed by atoms with Gasteiger partial charge in [-0.05, 0) is 43.5 Å². The monoisotopic (exact) mass is 359 g/mol. The summed E-state index contributed by atoms with van der Waals surface area (Å²) in [5.41, 5.74) is 1.11. The third kappa shape index (κ3) is 4.47. The van der Waals surface area contributed by atoms with Crippen LogP contribution in [0.5, 0.6) is 0 Å². The maximum atomic E-state index is 10.8. The molecule has 2 rings (SSSR count). The number of hydrogen-bond donors (Lipinski definition) is 1. The molecule has 0 amide bonds. The second kappa shape index (κ2) is 7.43. The van der Waals surface area contributed by atoms with Crippen molar-refractivity contribution < 1.29 is 9.90 Å². The van der Waals surface area contributed by atoms with Crippen molar-refractivity contribution in [1.29, 1.82) is 0 Å². The van der Waals surface area contributed by atoms with Gasteiger partial charge >= 0.3 is 5.97 Å². The average molecular weight is 361 g/mol. The lowest BCUT2D eigenvalue weighted by Crippen LogP contribution is -2.39. The largest absolute Gasteiger partial charge is 0.481 e. The van der Waals surface area contributed by atoms with Gasteiger partial charge in [-0.3, -0.25) is 9.69 Å². The number of hydrogen-bond acceptors (Lipinski definition) is 2. The first-order chi connectivity index (χ1) is 9.56. The summed E-state index contributed by atoms with van der Waals surface area (Å²) in [6.45, 7) is 1.83. The van der Waals surface area contributed by atoms with E-state index in [1.165, 1.54) is 12.8 Å². The van der Waals surface area contributed by atoms with Gasteiger partial charge in [0.15, 0.2) is 0 Å². The third-order valence-electron chi connectivity index (χ3n) is 3.83. The summed E-state index contributed by atoms with van der Waals surface area (Å²) in [5, 5.41) is 9.62. The number of halogens is 2. The maximum absolute atomic E-state index is 10.8. The van der Waals surface area contributed by atoms with E-state index in [1.54, 1.807) is 0 Å². The normalized spacial score (nSPS) is 20.0. The highest BCUT2D eigenvalue weighted by atomic mass is 79.9. The fourth-order valence-electron chi connectivity index (χ4n) is 2.75. The zero-order valence-corrected chi connectivity index (χ0v) is 13.7. The smallest absolute Gasteiger partial charge is 0.303 e. The Morgan fingerprint density at radius 1 is 1.45 bits per heavy atom. The van der Waals surface area contributed by atoms with Crippen LogP contribution in [0.2, 0.25) is 5.02 Å². The van der Waals surface area contributed by atoms with Crippen LogP contribution in [0.15, 0.2) is 22.7 Å². The van der Waals surface area contributed by atoms with Gasteiger partial charge in [-0.15, -0.1) is 0 Å². The Kier molecular flexibility index (Phi) is 5.87. The Balaban J connectivity index is 2.02. The van der Waals surface area contributed by atoms with Crippen LogP contribution in [-0.4, -0.2) is 28.6 Å². The quantitative estimate of drug-likeness (QED) is 0.850. The lowest BCUT2D eigenvalue weighted by molar-refractivity contribution is -0.137. The molecule has 0 radical (unpaired) electrons. The van der Waals surface area contributed by atoms with Crippen molar-refractivity contribution in [3.8, 4) is 0 Å². The molecule has 1 N–H and O–H groups in total. The molecule has 5 heteroatoms. The molecule has 1 heterocycles. The van der Waals surface area contributed by atoms with Gasteiger partial charge in [-0.1, -0.05) is 40.0 Å². The van der Waals surface area contributed by atoms with Crippen LogP contribution < -0.4 is 0 Å². The van der Waals surface area contributed by atoms with Crippen LogP contribution in [0, 0.1) is 0 Å². The molecule has 1 unspecified atom stereocenters. The SMILES string of the molecule is O=C(O)CCC1CCCCN1Cc1ccc(Br)cc1Cl. The third-order valence-corrected chi connectivity index (χ3v) is 4.67. The molecule has 1 saturated heterocycles. The first-order valence-electron chi connectivity index (χ1n) is 6.96. The van der Waals surface area contributed by atoms with E-state index in [-0.39, 0.29) is 6.42 Å². The van der Waals surface area contributed by atoms with Crippen LogP contribution in [0.25, 0.3) is 0 Å². The van der Waals surface area contributed by atoms with E-state index in [2.05, 4.69) is 20.8 Å². The number of carbonyl (C=O) groups is 1. The molecule has 0 bridgehead atoms. The Labute approximate surface area is 133 Å². The molecule has 1 aliphatic heterocycles. The summed E-state index contributed by atoms with van der Waals surface area (Å²) in [4.78, 5) is 13.1. The van der Waals surface area contributed by atoms with Gasteiger partial charge in [0.1, 0.15) is 0 Å². The number of rotatable bonds is 5. The van der Waals surface area contributed by atoms with Gasteiger partial charge in [0.2, 0.25) is 0 Å². The Bertz CT molecular complexity index is 481. The predicted octanol–water partition coefficient (Wildman–Crippen LogP) is 4.32. The number of carboxylic acids is 1. The van der Waals surface area contributed by atoms with Crippen molar-refractivity contribution in [3.05, 3.63) is 33.3 Å². The number of piperidine rings is 1. The minimum Gasteiger partial charge on any atom is -0.481 e. The van der Waals surface area contributed by atoms with E-state index < -0.39 is 5.97 Å². The molecule has 20 heavy (non-hydrogen) atoms. The van der Waals surface area contributed by atoms with E-state index in [4.69, 9.17) is 16.7 Å². The minimum atomic E-state index is -0.711. The Morgan fingerprint density at radius 2 is 2.25 bits per heavy atom. The van der Waals surface area contributed by atoms with Crippen molar-refractivity contribution in [2.75, 3.05) is 6.54 Å². The van der Waals surface area contributed by atoms with Crippen molar-refractivity contribution >= 4 is 33.5 Å². The first kappa shape index (κ1) is 15.8. The molecule has 1 aromatic rings. The van der Waals surface area contributed by atoms with Crippen LogP contribution in [0.4, 0.5) is 0 Å². The van der Waals surface area contributed by atoms with E-state index >= 15 is 0 Å². The molecule has 0 aliphatic carbocycles. The van der Waals surface area contributed by atoms with Crippen LogP contribution >= 0.6 is 27.5 Å². The lowest BCUT2D eigenvalue weighted by atomic mass is 9.97. The molecule has 1 aliphatic rings. The van der Waals surface area contributed by atoms with Gasteiger partial charge in [0.05, 0.1) is 0 Å². The molecule has 110 valence electrons. The number of likely N-dealkylation sites (tertiary alicyclic amines) is 1. The molecule has 0 saturated carbocycles. The zero-order chi connectivity index (χ0) is 14.5. The summed E-state index contributed by atoms with van der Waals surface area (Å²) in [6, 6.07) is 6.30. The standard InChI is InChI=1S/C15H19BrClNO2/c16-12-5-4-11(14(17)9-12)10-18-8-2-1-3-13(18)6-7-15(19)20/h4-5,9,13H,1-3,6-8,10H2,(H,19,20). The fourth-order valence-corrected chi connectivity index (χ4v) is 3.49. The Hall–Kier alpha value is -0.580. The summed E-state index contributed by atoms with van der Waals surface area (Å²) in [7, 11) is 0. The van der Waals surface area contributed by atoms with Crippen molar-refractivity contribution in [3.63, 3.8) is 0 Å². The second-order valence-corrected chi connectivity index (χ2v) is 6.61. The van der Waals surface area contributed by atoms with E-state index in [9.17, 15) is 4.79 Å². The lowest BCUT2D eigenvalue weighted by Gasteiger charge is -2.35. The molecule has 1 aromatic carbocycles. The highest BCUT2D eigenvalue weighted by Gasteiger charge is 2.23. The van der Waals surface area contributed by atoms with E-state index in [1.807, 2.05) is 18.2 Å². The van der Waals surface area contributed by atoms with Gasteiger partial charge in [-0.2, -0.15) is 0 Å². The number of nitrogens with zero attached hydrogens (tertiary/aromatic N) is 1. The molecule has 0 aromatic heterocycles.